The zero-order chi connectivity index (χ0) is 12.8. The summed E-state index contributed by atoms with van der Waals surface area (Å²) in [5.74, 6) is -0.449. The van der Waals surface area contributed by atoms with Crippen LogP contribution in [0.1, 0.15) is 18.0 Å². The van der Waals surface area contributed by atoms with Crippen LogP contribution in [0.5, 0.6) is 5.75 Å². The molecule has 0 aliphatic heterocycles. The largest absolute Gasteiger partial charge is 0.469 e. The molecule has 0 unspecified atom stereocenters. The third kappa shape index (κ3) is 4.36. The van der Waals surface area contributed by atoms with E-state index in [1.807, 2.05) is 0 Å². The van der Waals surface area contributed by atoms with E-state index in [9.17, 15) is 13.6 Å². The Balaban J connectivity index is 2.73. The molecule has 0 amide bonds. The summed E-state index contributed by atoms with van der Waals surface area (Å²) in [4.78, 5) is 11.0. The van der Waals surface area contributed by atoms with Gasteiger partial charge in [0.25, 0.3) is 0 Å². The first-order valence-electron chi connectivity index (χ1n) is 4.90. The Morgan fingerprint density at radius 2 is 2.18 bits per heavy atom. The summed E-state index contributed by atoms with van der Waals surface area (Å²) in [6, 6.07) is 5.32. The van der Waals surface area contributed by atoms with Crippen molar-refractivity contribution in [3.8, 4) is 5.75 Å². The fourth-order valence-corrected chi connectivity index (χ4v) is 1.30. The Morgan fingerprint density at radius 3 is 2.76 bits per heavy atom. The van der Waals surface area contributed by atoms with Gasteiger partial charge in [0.2, 0.25) is 0 Å². The first-order valence-corrected chi connectivity index (χ1v) is 4.90. The van der Waals surface area contributed by atoms with Crippen LogP contribution in [-0.4, -0.2) is 19.7 Å². The van der Waals surface area contributed by atoms with Crippen molar-refractivity contribution in [2.45, 2.75) is 19.1 Å². The number of hydrogen-bond donors (Lipinski definition) is 1. The predicted molar refractivity (Wildman–Crippen MR) is 56.6 cm³/mol. The van der Waals surface area contributed by atoms with Gasteiger partial charge in [-0.1, -0.05) is 12.1 Å². The quantitative estimate of drug-likeness (QED) is 0.804. The Kier molecular flexibility index (Phi) is 4.84. The molecular weight excluding hydrogens is 232 g/mol. The van der Waals surface area contributed by atoms with Crippen molar-refractivity contribution in [2.24, 2.45) is 5.73 Å². The summed E-state index contributed by atoms with van der Waals surface area (Å²) in [6.07, 6.45) is -0.0192. The summed E-state index contributed by atoms with van der Waals surface area (Å²) in [5, 5.41) is 0. The third-order valence-electron chi connectivity index (χ3n) is 2.13. The third-order valence-corrected chi connectivity index (χ3v) is 2.13. The maximum Gasteiger partial charge on any atom is 0.387 e. The van der Waals surface area contributed by atoms with Gasteiger partial charge in [0, 0.05) is 6.04 Å². The molecule has 0 heterocycles. The minimum absolute atomic E-state index is 0.0119. The fraction of sp³-hybridized carbons (Fsp3) is 0.364. The minimum Gasteiger partial charge on any atom is -0.469 e. The molecule has 2 N–H and O–H groups in total. The number of nitrogens with two attached hydrogens (primary N) is 1. The molecule has 4 nitrogen and oxygen atoms in total. The van der Waals surface area contributed by atoms with E-state index >= 15 is 0 Å². The van der Waals surface area contributed by atoms with Gasteiger partial charge >= 0.3 is 12.6 Å². The van der Waals surface area contributed by atoms with E-state index in [2.05, 4.69) is 9.47 Å². The first-order chi connectivity index (χ1) is 8.02. The minimum atomic E-state index is -2.89. The van der Waals surface area contributed by atoms with Crippen molar-refractivity contribution >= 4 is 5.97 Å². The molecule has 0 bridgehead atoms. The van der Waals surface area contributed by atoms with Crippen LogP contribution in [0.2, 0.25) is 0 Å². The van der Waals surface area contributed by atoms with Crippen molar-refractivity contribution in [3.63, 3.8) is 0 Å². The number of alkyl halides is 2. The number of rotatable bonds is 5. The van der Waals surface area contributed by atoms with Gasteiger partial charge < -0.3 is 15.2 Å². The number of methoxy groups -OCH3 is 1. The standard InChI is InChI=1S/C11H13F2NO3/c1-16-10(15)6-9(14)7-3-2-4-8(5-7)17-11(12)13/h2-5,9,11H,6,14H2,1H3/t9-/m1/s1. The van der Waals surface area contributed by atoms with Crippen molar-refractivity contribution in [1.29, 1.82) is 0 Å². The van der Waals surface area contributed by atoms with Crippen molar-refractivity contribution in [3.05, 3.63) is 29.8 Å². The summed E-state index contributed by atoms with van der Waals surface area (Å²) in [6.45, 7) is -2.89. The monoisotopic (exact) mass is 245 g/mol. The van der Waals surface area contributed by atoms with E-state index in [1.165, 1.54) is 25.3 Å². The molecule has 6 heteroatoms. The molecule has 0 saturated carbocycles. The number of halogens is 2. The number of carbonyl (C=O) groups is 1. The van der Waals surface area contributed by atoms with Gasteiger partial charge in [-0.15, -0.1) is 0 Å². The van der Waals surface area contributed by atoms with Crippen LogP contribution in [0.3, 0.4) is 0 Å². The number of carbonyl (C=O) groups excluding carboxylic acids is 1. The predicted octanol–water partition coefficient (Wildman–Crippen LogP) is 1.85. The van der Waals surface area contributed by atoms with Crippen LogP contribution in [0.25, 0.3) is 0 Å². The number of ether oxygens (including phenoxy) is 2. The molecule has 17 heavy (non-hydrogen) atoms. The summed E-state index contributed by atoms with van der Waals surface area (Å²) >= 11 is 0. The lowest BCUT2D eigenvalue weighted by atomic mass is 10.0. The van der Waals surface area contributed by atoms with Gasteiger partial charge in [-0.05, 0) is 17.7 Å². The van der Waals surface area contributed by atoms with Gasteiger partial charge in [-0.25, -0.2) is 0 Å². The zero-order valence-electron chi connectivity index (χ0n) is 9.23. The number of hydrogen-bond acceptors (Lipinski definition) is 4. The van der Waals surface area contributed by atoms with E-state index in [1.54, 1.807) is 6.07 Å². The fourth-order valence-electron chi connectivity index (χ4n) is 1.30. The molecule has 0 aliphatic rings. The Bertz CT molecular complexity index is 385. The Labute approximate surface area is 97.3 Å². The van der Waals surface area contributed by atoms with Gasteiger partial charge in [0.15, 0.2) is 0 Å². The number of benzene rings is 1. The van der Waals surface area contributed by atoms with Crippen LogP contribution in [-0.2, 0) is 9.53 Å². The van der Waals surface area contributed by atoms with Crippen molar-refractivity contribution in [1.82, 2.24) is 0 Å². The lowest BCUT2D eigenvalue weighted by Crippen LogP contribution is -2.16. The molecule has 0 saturated heterocycles. The normalized spacial score (nSPS) is 12.3. The summed E-state index contributed by atoms with van der Waals surface area (Å²) in [5.41, 5.74) is 6.26. The molecular formula is C11H13F2NO3. The molecule has 0 fully saturated rings. The van der Waals surface area contributed by atoms with Gasteiger partial charge in [-0.3, -0.25) is 4.79 Å². The molecule has 1 atom stereocenters. The Morgan fingerprint density at radius 1 is 1.47 bits per heavy atom. The second kappa shape index (κ2) is 6.15. The highest BCUT2D eigenvalue weighted by atomic mass is 19.3. The Hall–Kier alpha value is -1.69. The smallest absolute Gasteiger partial charge is 0.387 e. The molecule has 0 aromatic heterocycles. The van der Waals surface area contributed by atoms with Crippen LogP contribution in [0, 0.1) is 0 Å². The number of esters is 1. The second-order valence-corrected chi connectivity index (χ2v) is 3.34. The van der Waals surface area contributed by atoms with Crippen LogP contribution < -0.4 is 10.5 Å². The van der Waals surface area contributed by atoms with E-state index in [4.69, 9.17) is 5.73 Å². The molecule has 0 aliphatic carbocycles. The molecule has 1 aromatic rings. The van der Waals surface area contributed by atoms with Gasteiger partial charge in [-0.2, -0.15) is 8.78 Å². The van der Waals surface area contributed by atoms with E-state index < -0.39 is 18.6 Å². The van der Waals surface area contributed by atoms with Gasteiger partial charge in [0.05, 0.1) is 13.5 Å². The maximum absolute atomic E-state index is 12.0. The lowest BCUT2D eigenvalue weighted by molar-refractivity contribution is -0.141. The van der Waals surface area contributed by atoms with Crippen LogP contribution in [0.4, 0.5) is 8.78 Å². The van der Waals surface area contributed by atoms with E-state index in [0.717, 1.165) is 0 Å². The van der Waals surface area contributed by atoms with E-state index in [0.29, 0.717) is 5.56 Å². The zero-order valence-corrected chi connectivity index (χ0v) is 9.23. The SMILES string of the molecule is COC(=O)C[C@@H](N)c1cccc(OC(F)F)c1. The second-order valence-electron chi connectivity index (χ2n) is 3.34. The van der Waals surface area contributed by atoms with Crippen LogP contribution >= 0.6 is 0 Å². The molecule has 1 rings (SSSR count). The highest BCUT2D eigenvalue weighted by Gasteiger charge is 2.13. The van der Waals surface area contributed by atoms with Gasteiger partial charge in [0.1, 0.15) is 5.75 Å². The van der Waals surface area contributed by atoms with Crippen molar-refractivity contribution < 1.29 is 23.0 Å². The average Bonchev–Trinajstić information content (AvgIpc) is 2.28. The maximum atomic E-state index is 12.0. The molecule has 0 radical (unpaired) electrons. The molecule has 0 spiro atoms. The topological polar surface area (TPSA) is 61.5 Å². The lowest BCUT2D eigenvalue weighted by Gasteiger charge is -2.12. The van der Waals surface area contributed by atoms with Crippen molar-refractivity contribution in [2.75, 3.05) is 7.11 Å². The van der Waals surface area contributed by atoms with Crippen LogP contribution in [0.15, 0.2) is 24.3 Å². The summed E-state index contributed by atoms with van der Waals surface area (Å²) < 4.78 is 32.7. The molecule has 94 valence electrons. The highest BCUT2D eigenvalue weighted by molar-refractivity contribution is 5.70. The summed E-state index contributed by atoms with van der Waals surface area (Å²) in [7, 11) is 1.26. The first kappa shape index (κ1) is 13.4. The average molecular weight is 245 g/mol. The highest BCUT2D eigenvalue weighted by Crippen LogP contribution is 2.21. The van der Waals surface area contributed by atoms with E-state index in [-0.39, 0.29) is 12.2 Å². The molecule has 1 aromatic carbocycles.